The third kappa shape index (κ3) is 3.07. The highest BCUT2D eigenvalue weighted by atomic mass is 35.5. The Morgan fingerprint density at radius 2 is 2.06 bits per heavy atom. The van der Waals surface area contributed by atoms with Gasteiger partial charge in [0, 0.05) is 12.6 Å². The van der Waals surface area contributed by atoms with Crippen molar-refractivity contribution < 1.29 is 14.3 Å². The minimum absolute atomic E-state index is 0.0301. The largest absolute Gasteiger partial charge is 0.475 e. The molecular formula is C22H20ClN5O4. The van der Waals surface area contributed by atoms with E-state index in [4.69, 9.17) is 21.1 Å². The maximum absolute atomic E-state index is 13.0. The number of pyridine rings is 1. The van der Waals surface area contributed by atoms with Crippen molar-refractivity contribution in [2.45, 2.75) is 37.6 Å². The van der Waals surface area contributed by atoms with Gasteiger partial charge in [0.25, 0.3) is 0 Å². The number of amides is 1. The fourth-order valence-electron chi connectivity index (χ4n) is 5.14. The average molecular weight is 454 g/mol. The molecule has 1 N–H and O–H groups in total. The van der Waals surface area contributed by atoms with Crippen LogP contribution in [0.25, 0.3) is 10.9 Å². The summed E-state index contributed by atoms with van der Waals surface area (Å²) >= 11 is 6.13. The number of halogens is 1. The van der Waals surface area contributed by atoms with E-state index in [1.165, 1.54) is 0 Å². The molecule has 2 saturated heterocycles. The van der Waals surface area contributed by atoms with Gasteiger partial charge in [-0.2, -0.15) is 4.98 Å². The molecule has 0 aliphatic carbocycles. The summed E-state index contributed by atoms with van der Waals surface area (Å²) in [6, 6.07) is 10.9. The third-order valence-electron chi connectivity index (χ3n) is 6.50. The van der Waals surface area contributed by atoms with Gasteiger partial charge in [0.2, 0.25) is 5.88 Å². The number of nitrogens with zero attached hydrogens (tertiary/aromatic N) is 4. The number of nitrogens with one attached hydrogen (secondary N) is 1. The zero-order valence-electron chi connectivity index (χ0n) is 17.0. The van der Waals surface area contributed by atoms with Crippen molar-refractivity contribution >= 4 is 34.4 Å². The zero-order valence-corrected chi connectivity index (χ0v) is 17.8. The quantitative estimate of drug-likeness (QED) is 0.595. The van der Waals surface area contributed by atoms with Crippen molar-refractivity contribution in [1.29, 1.82) is 0 Å². The molecule has 164 valence electrons. The van der Waals surface area contributed by atoms with Crippen LogP contribution in [-0.2, 0) is 11.3 Å². The van der Waals surface area contributed by atoms with Crippen LogP contribution in [-0.4, -0.2) is 57.2 Å². The molecule has 3 aliphatic heterocycles. The second-order valence-electron chi connectivity index (χ2n) is 8.31. The first kappa shape index (κ1) is 19.4. The molecule has 9 nitrogen and oxygen atoms in total. The average Bonchev–Trinajstić information content (AvgIpc) is 3.02. The summed E-state index contributed by atoms with van der Waals surface area (Å²) in [7, 11) is 0. The first-order valence-corrected chi connectivity index (χ1v) is 11.0. The Morgan fingerprint density at radius 1 is 1.22 bits per heavy atom. The van der Waals surface area contributed by atoms with E-state index >= 15 is 0 Å². The van der Waals surface area contributed by atoms with Gasteiger partial charge in [-0.15, -0.1) is 0 Å². The van der Waals surface area contributed by atoms with Crippen molar-refractivity contribution in [3.63, 3.8) is 0 Å². The molecule has 5 heterocycles. The van der Waals surface area contributed by atoms with E-state index in [2.05, 4.69) is 19.9 Å². The first-order chi connectivity index (χ1) is 15.6. The van der Waals surface area contributed by atoms with Crippen LogP contribution in [0.15, 0.2) is 41.2 Å². The molecule has 0 radical (unpaired) electrons. The molecular weight excluding hydrogens is 434 g/mol. The number of aromatic nitrogens is 3. The lowest BCUT2D eigenvalue weighted by atomic mass is 10.0. The summed E-state index contributed by atoms with van der Waals surface area (Å²) in [5.41, 5.74) is 1.02. The lowest BCUT2D eigenvalue weighted by molar-refractivity contribution is 0.0583. The van der Waals surface area contributed by atoms with Crippen LogP contribution in [0, 0.1) is 0 Å². The molecule has 0 saturated carbocycles. The van der Waals surface area contributed by atoms with E-state index in [0.717, 1.165) is 18.4 Å². The minimum atomic E-state index is -0.460. The predicted octanol–water partition coefficient (Wildman–Crippen LogP) is 2.72. The fourth-order valence-corrected chi connectivity index (χ4v) is 5.33. The molecule has 3 aromatic rings. The monoisotopic (exact) mass is 453 g/mol. The number of aromatic amines is 1. The SMILES string of the molecule is O=C(OCc1ccccc1)N1[C@@H]2CC[C@H]1[C@H]1COc3nc(Cl)cc4[nH]c(=O)nc(c34)N1C2. The van der Waals surface area contributed by atoms with Crippen LogP contribution in [0.2, 0.25) is 5.15 Å². The number of carbonyl (C=O) groups excluding carboxylic acids is 1. The Hall–Kier alpha value is -3.33. The van der Waals surface area contributed by atoms with Crippen molar-refractivity contribution in [2.75, 3.05) is 18.1 Å². The van der Waals surface area contributed by atoms with Crippen molar-refractivity contribution in [3.8, 4) is 5.88 Å². The van der Waals surface area contributed by atoms with Crippen LogP contribution >= 0.6 is 11.6 Å². The summed E-state index contributed by atoms with van der Waals surface area (Å²) in [4.78, 5) is 40.6. The highest BCUT2D eigenvalue weighted by Gasteiger charge is 2.51. The lowest BCUT2D eigenvalue weighted by Crippen LogP contribution is -2.63. The summed E-state index contributed by atoms with van der Waals surface area (Å²) in [5.74, 6) is 0.870. The van der Waals surface area contributed by atoms with Gasteiger partial charge in [0.05, 0.1) is 23.6 Å². The summed E-state index contributed by atoms with van der Waals surface area (Å²) in [6.45, 7) is 1.07. The first-order valence-electron chi connectivity index (χ1n) is 10.6. The number of hydrogen-bond acceptors (Lipinski definition) is 7. The Morgan fingerprint density at radius 3 is 2.91 bits per heavy atom. The third-order valence-corrected chi connectivity index (χ3v) is 6.70. The zero-order chi connectivity index (χ0) is 21.8. The van der Waals surface area contributed by atoms with E-state index in [-0.39, 0.29) is 36.0 Å². The molecule has 2 aromatic heterocycles. The number of piperazine rings is 1. The summed E-state index contributed by atoms with van der Waals surface area (Å²) in [6.07, 6.45) is 1.36. The van der Waals surface area contributed by atoms with Crippen molar-refractivity contribution in [1.82, 2.24) is 19.9 Å². The Bertz CT molecular complexity index is 1270. The van der Waals surface area contributed by atoms with E-state index in [9.17, 15) is 9.59 Å². The Kier molecular flexibility index (Phi) is 4.46. The Labute approximate surface area is 187 Å². The second kappa shape index (κ2) is 7.37. The molecule has 6 rings (SSSR count). The molecule has 3 atom stereocenters. The molecule has 10 heteroatoms. The maximum Gasteiger partial charge on any atom is 0.410 e. The number of carbonyl (C=O) groups is 1. The number of anilines is 1. The van der Waals surface area contributed by atoms with Gasteiger partial charge < -0.3 is 19.4 Å². The van der Waals surface area contributed by atoms with E-state index in [1.807, 2.05) is 35.2 Å². The van der Waals surface area contributed by atoms with Crippen molar-refractivity contribution in [3.05, 3.63) is 57.6 Å². The summed E-state index contributed by atoms with van der Waals surface area (Å²) in [5, 5.41) is 0.865. The topological polar surface area (TPSA) is 101 Å². The van der Waals surface area contributed by atoms with Gasteiger partial charge in [-0.3, -0.25) is 4.90 Å². The van der Waals surface area contributed by atoms with Gasteiger partial charge in [0.1, 0.15) is 29.6 Å². The smallest absolute Gasteiger partial charge is 0.410 e. The summed E-state index contributed by atoms with van der Waals surface area (Å²) < 4.78 is 11.7. The van der Waals surface area contributed by atoms with Gasteiger partial charge in [-0.1, -0.05) is 41.9 Å². The minimum Gasteiger partial charge on any atom is -0.475 e. The Balaban J connectivity index is 1.32. The molecule has 3 aliphatic rings. The number of ether oxygens (including phenoxy) is 2. The normalized spacial score (nSPS) is 23.5. The van der Waals surface area contributed by atoms with Crippen LogP contribution in [0.4, 0.5) is 10.6 Å². The van der Waals surface area contributed by atoms with E-state index in [1.54, 1.807) is 6.07 Å². The highest BCUT2D eigenvalue weighted by Crippen LogP contribution is 2.42. The lowest BCUT2D eigenvalue weighted by Gasteiger charge is -2.45. The van der Waals surface area contributed by atoms with Crippen LogP contribution in [0.3, 0.4) is 0 Å². The van der Waals surface area contributed by atoms with E-state index in [0.29, 0.717) is 35.8 Å². The van der Waals surface area contributed by atoms with Crippen LogP contribution < -0.4 is 15.3 Å². The van der Waals surface area contributed by atoms with Crippen molar-refractivity contribution in [2.24, 2.45) is 0 Å². The molecule has 2 fully saturated rings. The standard InChI is InChI=1S/C22H20ClN5O4/c23-17-8-14-18-19(26-21(29)24-14)27-9-13-6-7-15(16(27)11-31-20(18)25-17)28(13)22(30)32-10-12-4-2-1-3-5-12/h1-5,8,13,15-16H,6-7,9-11H2,(H,24,26,29)/t13-,15+,16-/m1/s1. The molecule has 0 spiro atoms. The molecule has 1 aromatic carbocycles. The van der Waals surface area contributed by atoms with Gasteiger partial charge >= 0.3 is 11.8 Å². The molecule has 1 amide bonds. The molecule has 2 bridgehead atoms. The second-order valence-corrected chi connectivity index (χ2v) is 8.70. The van der Waals surface area contributed by atoms with Gasteiger partial charge in [0.15, 0.2) is 0 Å². The predicted molar refractivity (Wildman–Crippen MR) is 117 cm³/mol. The fraction of sp³-hybridized carbons (Fsp3) is 0.364. The van der Waals surface area contributed by atoms with E-state index < -0.39 is 5.69 Å². The number of H-pyrrole nitrogens is 1. The van der Waals surface area contributed by atoms with Crippen LogP contribution in [0.5, 0.6) is 5.88 Å². The number of rotatable bonds is 2. The number of fused-ring (bicyclic) bond motifs is 5. The number of hydrogen-bond donors (Lipinski definition) is 1. The maximum atomic E-state index is 13.0. The highest BCUT2D eigenvalue weighted by molar-refractivity contribution is 6.30. The van der Waals surface area contributed by atoms with Gasteiger partial charge in [-0.05, 0) is 18.4 Å². The number of benzene rings is 1. The van der Waals surface area contributed by atoms with Crippen LogP contribution in [0.1, 0.15) is 18.4 Å². The molecule has 32 heavy (non-hydrogen) atoms. The molecule has 0 unspecified atom stereocenters. The van der Waals surface area contributed by atoms with Gasteiger partial charge in [-0.25, -0.2) is 14.6 Å².